The number of rotatable bonds is 0. The van der Waals surface area contributed by atoms with Crippen molar-refractivity contribution in [2.75, 3.05) is 0 Å². The number of hydrogen-bond acceptors (Lipinski definition) is 1. The first-order valence-corrected chi connectivity index (χ1v) is 4.86. The third-order valence-corrected chi connectivity index (χ3v) is 2.98. The summed E-state index contributed by atoms with van der Waals surface area (Å²) in [6, 6.07) is 2.19. The highest BCUT2D eigenvalue weighted by molar-refractivity contribution is 5.97. The molecule has 1 aromatic rings. The Morgan fingerprint density at radius 2 is 2.31 bits per heavy atom. The smallest absolute Gasteiger partial charge is 0.268 e. The van der Waals surface area contributed by atoms with Gasteiger partial charge in [0.2, 0.25) is 0 Å². The topological polar surface area (TPSA) is 34.0 Å². The maximum absolute atomic E-state index is 11.5. The summed E-state index contributed by atoms with van der Waals surface area (Å²) < 4.78 is 2.20. The predicted molar refractivity (Wildman–Crippen MR) is 48.5 cm³/mol. The molecule has 0 radical (unpaired) electrons. The van der Waals surface area contributed by atoms with Crippen LogP contribution in [0.15, 0.2) is 6.07 Å². The Morgan fingerprint density at radius 1 is 1.38 bits per heavy atom. The number of nitrogens with one attached hydrogen (secondary N) is 1. The summed E-state index contributed by atoms with van der Waals surface area (Å²) >= 11 is 0. The number of carbonyl (C=O) groups excluding carboxylic acids is 1. The normalized spacial score (nSPS) is 19.5. The van der Waals surface area contributed by atoms with Gasteiger partial charge in [-0.15, -0.1) is 0 Å². The molecule has 3 heteroatoms. The standard InChI is InChI=1S/C10H12N2O/c13-10-9-7(6-11-10)5-8-3-1-2-4-12(8)9/h5H,1-4,6H2,(H,11,13). The van der Waals surface area contributed by atoms with Gasteiger partial charge in [-0.05, 0) is 25.3 Å². The quantitative estimate of drug-likeness (QED) is 0.630. The van der Waals surface area contributed by atoms with Crippen molar-refractivity contribution in [1.29, 1.82) is 0 Å². The van der Waals surface area contributed by atoms with Gasteiger partial charge in [-0.1, -0.05) is 0 Å². The Bertz CT molecular complexity index is 379. The Labute approximate surface area is 76.7 Å². The molecule has 0 fully saturated rings. The van der Waals surface area contributed by atoms with Crippen LogP contribution in [0.4, 0.5) is 0 Å². The van der Waals surface area contributed by atoms with Crippen molar-refractivity contribution in [2.24, 2.45) is 0 Å². The largest absolute Gasteiger partial charge is 0.347 e. The van der Waals surface area contributed by atoms with Crippen molar-refractivity contribution in [2.45, 2.75) is 32.4 Å². The molecular formula is C10H12N2O. The van der Waals surface area contributed by atoms with E-state index in [0.29, 0.717) is 0 Å². The summed E-state index contributed by atoms with van der Waals surface area (Å²) in [6.45, 7) is 1.76. The summed E-state index contributed by atoms with van der Waals surface area (Å²) in [4.78, 5) is 11.5. The van der Waals surface area contributed by atoms with Crippen LogP contribution in [-0.2, 0) is 19.5 Å². The van der Waals surface area contributed by atoms with Gasteiger partial charge >= 0.3 is 0 Å². The first-order chi connectivity index (χ1) is 6.36. The van der Waals surface area contributed by atoms with Crippen LogP contribution < -0.4 is 5.32 Å². The van der Waals surface area contributed by atoms with Crippen molar-refractivity contribution in [3.63, 3.8) is 0 Å². The second-order valence-corrected chi connectivity index (χ2v) is 3.80. The first kappa shape index (κ1) is 7.18. The molecule has 0 aromatic carbocycles. The molecule has 0 spiro atoms. The van der Waals surface area contributed by atoms with Crippen LogP contribution in [0, 0.1) is 0 Å². The molecule has 3 rings (SSSR count). The molecular weight excluding hydrogens is 164 g/mol. The minimum absolute atomic E-state index is 0.114. The number of carbonyl (C=O) groups is 1. The van der Waals surface area contributed by atoms with Crippen molar-refractivity contribution < 1.29 is 4.79 Å². The van der Waals surface area contributed by atoms with Gasteiger partial charge in [-0.25, -0.2) is 0 Å². The van der Waals surface area contributed by atoms with E-state index in [9.17, 15) is 4.79 Å². The average Bonchev–Trinajstić information content (AvgIpc) is 2.66. The summed E-state index contributed by atoms with van der Waals surface area (Å²) in [5, 5.41) is 2.86. The maximum Gasteiger partial charge on any atom is 0.268 e. The second kappa shape index (κ2) is 2.37. The molecule has 0 aliphatic carbocycles. The van der Waals surface area contributed by atoms with Gasteiger partial charge < -0.3 is 9.88 Å². The Balaban J connectivity index is 2.19. The lowest BCUT2D eigenvalue weighted by atomic mass is 10.1. The molecule has 3 nitrogen and oxygen atoms in total. The zero-order valence-corrected chi connectivity index (χ0v) is 7.47. The van der Waals surface area contributed by atoms with E-state index in [1.807, 2.05) is 0 Å². The van der Waals surface area contributed by atoms with E-state index >= 15 is 0 Å². The van der Waals surface area contributed by atoms with Crippen molar-refractivity contribution in [3.8, 4) is 0 Å². The monoisotopic (exact) mass is 176 g/mol. The molecule has 3 heterocycles. The Kier molecular flexibility index (Phi) is 1.31. The average molecular weight is 176 g/mol. The van der Waals surface area contributed by atoms with Crippen molar-refractivity contribution in [1.82, 2.24) is 9.88 Å². The van der Waals surface area contributed by atoms with Gasteiger partial charge in [0.25, 0.3) is 5.91 Å². The molecule has 0 atom stereocenters. The molecule has 2 aliphatic rings. The summed E-state index contributed by atoms with van der Waals surface area (Å²) in [5.74, 6) is 0.114. The lowest BCUT2D eigenvalue weighted by Crippen LogP contribution is -2.20. The first-order valence-electron chi connectivity index (χ1n) is 4.86. The SMILES string of the molecule is O=C1NCc2cc3n(c21)CCCC3. The van der Waals surface area contributed by atoms with Crippen LogP contribution in [0.2, 0.25) is 0 Å². The molecule has 13 heavy (non-hydrogen) atoms. The van der Waals surface area contributed by atoms with Gasteiger partial charge in [-0.2, -0.15) is 0 Å². The lowest BCUT2D eigenvalue weighted by molar-refractivity contribution is 0.0956. The minimum Gasteiger partial charge on any atom is -0.347 e. The highest BCUT2D eigenvalue weighted by Crippen LogP contribution is 2.25. The molecule has 1 aromatic heterocycles. The molecule has 0 unspecified atom stereocenters. The van der Waals surface area contributed by atoms with Crippen LogP contribution in [0.25, 0.3) is 0 Å². The number of fused-ring (bicyclic) bond motifs is 3. The van der Waals surface area contributed by atoms with E-state index in [-0.39, 0.29) is 5.91 Å². The van der Waals surface area contributed by atoms with Gasteiger partial charge in [-0.3, -0.25) is 4.79 Å². The zero-order valence-electron chi connectivity index (χ0n) is 7.47. The number of aromatic nitrogens is 1. The highest BCUT2D eigenvalue weighted by atomic mass is 16.2. The van der Waals surface area contributed by atoms with Crippen molar-refractivity contribution >= 4 is 5.91 Å². The van der Waals surface area contributed by atoms with Gasteiger partial charge in [0.1, 0.15) is 5.69 Å². The predicted octanol–water partition coefficient (Wildman–Crippen LogP) is 1.07. The zero-order chi connectivity index (χ0) is 8.84. The fourth-order valence-electron chi connectivity index (χ4n) is 2.37. The van der Waals surface area contributed by atoms with Crippen LogP contribution in [-0.4, -0.2) is 10.5 Å². The summed E-state index contributed by atoms with van der Waals surface area (Å²) in [5.41, 5.74) is 3.47. The number of aryl methyl sites for hydroxylation is 1. The molecule has 1 amide bonds. The Hall–Kier alpha value is -1.25. The van der Waals surface area contributed by atoms with E-state index in [2.05, 4.69) is 16.0 Å². The minimum atomic E-state index is 0.114. The highest BCUT2D eigenvalue weighted by Gasteiger charge is 2.26. The number of hydrogen-bond donors (Lipinski definition) is 1. The third-order valence-electron chi connectivity index (χ3n) is 2.98. The fourth-order valence-corrected chi connectivity index (χ4v) is 2.37. The molecule has 2 aliphatic heterocycles. The van der Waals surface area contributed by atoms with E-state index in [1.54, 1.807) is 0 Å². The van der Waals surface area contributed by atoms with E-state index in [1.165, 1.54) is 24.1 Å². The fraction of sp³-hybridized carbons (Fsp3) is 0.500. The molecule has 0 bridgehead atoms. The molecule has 68 valence electrons. The molecule has 0 saturated carbocycles. The van der Waals surface area contributed by atoms with Gasteiger partial charge in [0, 0.05) is 24.3 Å². The lowest BCUT2D eigenvalue weighted by Gasteiger charge is -2.16. The van der Waals surface area contributed by atoms with Crippen LogP contribution in [0.1, 0.15) is 34.6 Å². The maximum atomic E-state index is 11.5. The third kappa shape index (κ3) is 0.870. The van der Waals surface area contributed by atoms with Crippen LogP contribution in [0.3, 0.4) is 0 Å². The van der Waals surface area contributed by atoms with E-state index in [0.717, 1.165) is 25.2 Å². The van der Waals surface area contributed by atoms with Gasteiger partial charge in [0.15, 0.2) is 0 Å². The van der Waals surface area contributed by atoms with Gasteiger partial charge in [0.05, 0.1) is 0 Å². The summed E-state index contributed by atoms with van der Waals surface area (Å²) in [6.07, 6.45) is 3.62. The van der Waals surface area contributed by atoms with Crippen molar-refractivity contribution in [3.05, 3.63) is 23.0 Å². The number of amides is 1. The molecule has 1 N–H and O–H groups in total. The van der Waals surface area contributed by atoms with E-state index in [4.69, 9.17) is 0 Å². The van der Waals surface area contributed by atoms with Crippen LogP contribution >= 0.6 is 0 Å². The second-order valence-electron chi connectivity index (χ2n) is 3.80. The molecule has 0 saturated heterocycles. The van der Waals surface area contributed by atoms with Crippen LogP contribution in [0.5, 0.6) is 0 Å². The number of nitrogens with zero attached hydrogens (tertiary/aromatic N) is 1. The van der Waals surface area contributed by atoms with E-state index < -0.39 is 0 Å². The summed E-state index contributed by atoms with van der Waals surface area (Å²) in [7, 11) is 0. The Morgan fingerprint density at radius 3 is 3.23 bits per heavy atom.